The number of rotatable bonds is 5. The molecule has 1 aliphatic heterocycles. The fraction of sp³-hybridized carbons (Fsp3) is 0.765. The minimum Gasteiger partial charge on any atom is -0.377 e. The summed E-state index contributed by atoms with van der Waals surface area (Å²) in [7, 11) is 1.98. The number of carbonyl (C=O) groups excluding carboxylic acids is 1. The van der Waals surface area contributed by atoms with E-state index in [1.54, 1.807) is 0 Å². The number of hydrogen-bond donors (Lipinski definition) is 1. The van der Waals surface area contributed by atoms with E-state index in [0.717, 1.165) is 18.5 Å². The highest BCUT2D eigenvalue weighted by Crippen LogP contribution is 2.36. The van der Waals surface area contributed by atoms with Crippen molar-refractivity contribution in [2.75, 3.05) is 26.3 Å². The molecule has 1 saturated heterocycles. The van der Waals surface area contributed by atoms with E-state index >= 15 is 0 Å². The highest BCUT2D eigenvalue weighted by Gasteiger charge is 2.39. The van der Waals surface area contributed by atoms with Crippen LogP contribution >= 0.6 is 0 Å². The van der Waals surface area contributed by atoms with Gasteiger partial charge in [-0.25, -0.2) is 4.79 Å². The molecule has 1 aliphatic carbocycles. The summed E-state index contributed by atoms with van der Waals surface area (Å²) in [4.78, 5) is 14.4. The Balaban J connectivity index is 1.45. The monoisotopic (exact) mass is 320 g/mol. The Morgan fingerprint density at radius 1 is 1.39 bits per heavy atom. The van der Waals surface area contributed by atoms with Gasteiger partial charge in [0.15, 0.2) is 0 Å². The molecule has 128 valence electrons. The maximum absolute atomic E-state index is 12.4. The number of nitrogens with zero attached hydrogens (tertiary/aromatic N) is 3. The summed E-state index contributed by atoms with van der Waals surface area (Å²) in [6, 6.07) is 0.358. The Morgan fingerprint density at radius 3 is 2.83 bits per heavy atom. The van der Waals surface area contributed by atoms with E-state index in [2.05, 4.69) is 24.3 Å². The molecule has 2 amide bonds. The number of hydrogen-bond acceptors (Lipinski definition) is 3. The molecule has 1 aromatic heterocycles. The van der Waals surface area contributed by atoms with Crippen LogP contribution in [-0.2, 0) is 18.2 Å². The Labute approximate surface area is 138 Å². The minimum absolute atomic E-state index is 0.0739. The quantitative estimate of drug-likeness (QED) is 0.842. The van der Waals surface area contributed by atoms with Gasteiger partial charge in [0.05, 0.1) is 24.9 Å². The van der Waals surface area contributed by atoms with Crippen LogP contribution in [0.25, 0.3) is 0 Å². The summed E-state index contributed by atoms with van der Waals surface area (Å²) < 4.78 is 7.47. The van der Waals surface area contributed by atoms with Crippen LogP contribution in [0.15, 0.2) is 0 Å². The van der Waals surface area contributed by atoms with Crippen molar-refractivity contribution >= 4 is 6.03 Å². The second-order valence-electron chi connectivity index (χ2n) is 6.78. The summed E-state index contributed by atoms with van der Waals surface area (Å²) in [5, 5.41) is 7.53. The predicted octanol–water partition coefficient (Wildman–Crippen LogP) is 1.79. The maximum atomic E-state index is 12.4. The molecular formula is C17H28N4O2. The standard InChI is InChI=1S/C17H28N4O2/c1-12-15(13(2)20(3)19-12)5-4-8-18-17(22)21-9-10-23-11-16(21)14-6-7-14/h14,16H,4-11H2,1-3H3,(H,18,22). The molecule has 0 aromatic carbocycles. The summed E-state index contributed by atoms with van der Waals surface area (Å²) in [5.74, 6) is 0.654. The Hall–Kier alpha value is -1.56. The van der Waals surface area contributed by atoms with Crippen molar-refractivity contribution < 1.29 is 9.53 Å². The van der Waals surface area contributed by atoms with Crippen molar-refractivity contribution in [1.29, 1.82) is 0 Å². The van der Waals surface area contributed by atoms with Crippen LogP contribution < -0.4 is 5.32 Å². The fourth-order valence-electron chi connectivity index (χ4n) is 3.49. The van der Waals surface area contributed by atoms with Crippen LogP contribution in [0, 0.1) is 19.8 Å². The molecule has 2 fully saturated rings. The number of ether oxygens (including phenoxy) is 1. The van der Waals surface area contributed by atoms with Crippen molar-refractivity contribution in [1.82, 2.24) is 20.0 Å². The van der Waals surface area contributed by atoms with Crippen molar-refractivity contribution in [2.24, 2.45) is 13.0 Å². The predicted molar refractivity (Wildman–Crippen MR) is 88.4 cm³/mol. The van der Waals surface area contributed by atoms with Gasteiger partial charge in [-0.2, -0.15) is 5.10 Å². The molecule has 0 bridgehead atoms. The van der Waals surface area contributed by atoms with Gasteiger partial charge in [0, 0.05) is 25.8 Å². The molecule has 1 atom stereocenters. The molecular weight excluding hydrogens is 292 g/mol. The van der Waals surface area contributed by atoms with E-state index in [1.165, 1.54) is 24.1 Å². The smallest absolute Gasteiger partial charge is 0.317 e. The zero-order chi connectivity index (χ0) is 16.4. The third-order valence-corrected chi connectivity index (χ3v) is 5.13. The first-order valence-corrected chi connectivity index (χ1v) is 8.69. The van der Waals surface area contributed by atoms with E-state index in [1.807, 2.05) is 16.6 Å². The van der Waals surface area contributed by atoms with E-state index in [9.17, 15) is 4.79 Å². The van der Waals surface area contributed by atoms with Gasteiger partial charge < -0.3 is 15.0 Å². The number of aryl methyl sites for hydroxylation is 2. The van der Waals surface area contributed by atoms with Gasteiger partial charge in [-0.1, -0.05) is 0 Å². The number of urea groups is 1. The van der Waals surface area contributed by atoms with Crippen molar-refractivity contribution in [3.8, 4) is 0 Å². The minimum atomic E-state index is 0.0739. The number of morpholine rings is 1. The highest BCUT2D eigenvalue weighted by molar-refractivity contribution is 5.74. The third kappa shape index (κ3) is 3.68. The Morgan fingerprint density at radius 2 is 2.17 bits per heavy atom. The van der Waals surface area contributed by atoms with E-state index in [-0.39, 0.29) is 12.1 Å². The molecule has 3 rings (SSSR count). The first kappa shape index (κ1) is 16.3. The zero-order valence-electron chi connectivity index (χ0n) is 14.5. The van der Waals surface area contributed by atoms with Gasteiger partial charge in [0.2, 0.25) is 0 Å². The van der Waals surface area contributed by atoms with Crippen LogP contribution in [0.2, 0.25) is 0 Å². The molecule has 6 heteroatoms. The average molecular weight is 320 g/mol. The van der Waals surface area contributed by atoms with Crippen molar-refractivity contribution in [3.63, 3.8) is 0 Å². The van der Waals surface area contributed by atoms with Crippen LogP contribution in [-0.4, -0.2) is 53.1 Å². The summed E-state index contributed by atoms with van der Waals surface area (Å²) in [5.41, 5.74) is 3.62. The molecule has 1 unspecified atom stereocenters. The first-order chi connectivity index (χ1) is 11.1. The largest absolute Gasteiger partial charge is 0.377 e. The lowest BCUT2D eigenvalue weighted by Gasteiger charge is -2.35. The summed E-state index contributed by atoms with van der Waals surface area (Å²) >= 11 is 0. The van der Waals surface area contributed by atoms with E-state index in [0.29, 0.717) is 32.2 Å². The normalized spacial score (nSPS) is 21.5. The molecule has 1 N–H and O–H groups in total. The van der Waals surface area contributed by atoms with Gasteiger partial charge in [0.25, 0.3) is 0 Å². The molecule has 23 heavy (non-hydrogen) atoms. The van der Waals surface area contributed by atoms with Gasteiger partial charge in [-0.15, -0.1) is 0 Å². The lowest BCUT2D eigenvalue weighted by atomic mass is 10.1. The van der Waals surface area contributed by atoms with Gasteiger partial charge >= 0.3 is 6.03 Å². The SMILES string of the molecule is Cc1nn(C)c(C)c1CCCNC(=O)N1CCOCC1C1CC1. The van der Waals surface area contributed by atoms with Crippen LogP contribution in [0.4, 0.5) is 4.79 Å². The highest BCUT2D eigenvalue weighted by atomic mass is 16.5. The van der Waals surface area contributed by atoms with Crippen LogP contribution in [0.5, 0.6) is 0 Å². The van der Waals surface area contributed by atoms with E-state index in [4.69, 9.17) is 4.74 Å². The number of carbonyl (C=O) groups is 1. The van der Waals surface area contributed by atoms with Crippen molar-refractivity contribution in [3.05, 3.63) is 17.0 Å². The molecule has 2 aliphatic rings. The Bertz CT molecular complexity index is 565. The first-order valence-electron chi connectivity index (χ1n) is 8.69. The van der Waals surface area contributed by atoms with Crippen LogP contribution in [0.3, 0.4) is 0 Å². The van der Waals surface area contributed by atoms with Gasteiger partial charge in [-0.05, 0) is 51.0 Å². The van der Waals surface area contributed by atoms with Crippen LogP contribution in [0.1, 0.15) is 36.2 Å². The van der Waals surface area contributed by atoms with Gasteiger partial charge in [-0.3, -0.25) is 4.68 Å². The van der Waals surface area contributed by atoms with Crippen molar-refractivity contribution in [2.45, 2.75) is 45.6 Å². The molecule has 2 heterocycles. The van der Waals surface area contributed by atoms with E-state index < -0.39 is 0 Å². The second kappa shape index (κ2) is 6.91. The molecule has 1 saturated carbocycles. The average Bonchev–Trinajstić information content (AvgIpc) is 3.35. The number of nitrogens with one attached hydrogen (secondary N) is 1. The lowest BCUT2D eigenvalue weighted by Crippen LogP contribution is -2.53. The fourth-order valence-corrected chi connectivity index (χ4v) is 3.49. The molecule has 0 spiro atoms. The topological polar surface area (TPSA) is 59.4 Å². The summed E-state index contributed by atoms with van der Waals surface area (Å²) in [6.07, 6.45) is 4.37. The number of amides is 2. The second-order valence-corrected chi connectivity index (χ2v) is 6.78. The number of aromatic nitrogens is 2. The zero-order valence-corrected chi connectivity index (χ0v) is 14.5. The molecule has 6 nitrogen and oxygen atoms in total. The maximum Gasteiger partial charge on any atom is 0.317 e. The molecule has 0 radical (unpaired) electrons. The lowest BCUT2D eigenvalue weighted by molar-refractivity contribution is 0.00474. The summed E-state index contributed by atoms with van der Waals surface area (Å²) in [6.45, 7) is 6.93. The van der Waals surface area contributed by atoms with Gasteiger partial charge in [0.1, 0.15) is 0 Å². The molecule has 1 aromatic rings. The third-order valence-electron chi connectivity index (χ3n) is 5.13. The Kier molecular flexibility index (Phi) is 4.90.